The highest BCUT2D eigenvalue weighted by Gasteiger charge is 2.35. The number of benzene rings is 1. The van der Waals surface area contributed by atoms with Crippen molar-refractivity contribution >= 4 is 5.91 Å². The van der Waals surface area contributed by atoms with Crippen LogP contribution in [0.5, 0.6) is 5.75 Å². The molecule has 33 heavy (non-hydrogen) atoms. The molecule has 1 aromatic carbocycles. The molecule has 0 saturated carbocycles. The van der Waals surface area contributed by atoms with Gasteiger partial charge in [0.1, 0.15) is 11.4 Å². The minimum absolute atomic E-state index is 0.00706. The van der Waals surface area contributed by atoms with E-state index < -0.39 is 0 Å². The van der Waals surface area contributed by atoms with Gasteiger partial charge in [0, 0.05) is 43.3 Å². The lowest BCUT2D eigenvalue weighted by atomic mass is 9.88. The van der Waals surface area contributed by atoms with Crippen molar-refractivity contribution in [3.63, 3.8) is 0 Å². The monoisotopic (exact) mass is 449 g/mol. The number of amides is 1. The van der Waals surface area contributed by atoms with Crippen molar-refractivity contribution in [3.8, 4) is 17.0 Å². The van der Waals surface area contributed by atoms with Gasteiger partial charge < -0.3 is 18.9 Å². The quantitative estimate of drug-likeness (QED) is 0.652. The van der Waals surface area contributed by atoms with Gasteiger partial charge in [0.2, 0.25) is 5.89 Å². The van der Waals surface area contributed by atoms with Gasteiger partial charge in [0.25, 0.3) is 5.91 Å². The van der Waals surface area contributed by atoms with Crippen molar-refractivity contribution in [2.45, 2.75) is 43.9 Å². The van der Waals surface area contributed by atoms with Gasteiger partial charge in [-0.3, -0.25) is 9.89 Å². The standard InChI is InChI=1S/C24H27N5O4/c1-31-17-3-5-18-15(12-17)2-4-19-20(18)26-27-21(19)24(30)29-9-6-16(13-29)23-25-22(28-33-23)14-7-10-32-11-8-14/h3,5,12,14,16H,2,4,6-11,13H2,1H3,(H,26,27). The number of aromatic nitrogens is 4. The number of likely N-dealkylation sites (tertiary alicyclic amines) is 1. The second kappa shape index (κ2) is 8.30. The Balaban J connectivity index is 1.18. The van der Waals surface area contributed by atoms with E-state index in [4.69, 9.17) is 14.0 Å². The van der Waals surface area contributed by atoms with Gasteiger partial charge in [-0.05, 0) is 55.9 Å². The van der Waals surface area contributed by atoms with Crippen LogP contribution in [-0.2, 0) is 17.6 Å². The maximum absolute atomic E-state index is 13.4. The third-order valence-corrected chi connectivity index (χ3v) is 7.16. The Morgan fingerprint density at radius 2 is 2.06 bits per heavy atom. The number of carbonyl (C=O) groups excluding carboxylic acids is 1. The number of ether oxygens (including phenoxy) is 2. The van der Waals surface area contributed by atoms with Gasteiger partial charge in [0.05, 0.1) is 18.7 Å². The number of aromatic amines is 1. The van der Waals surface area contributed by atoms with Crippen molar-refractivity contribution in [1.82, 2.24) is 25.2 Å². The van der Waals surface area contributed by atoms with Crippen LogP contribution in [-0.4, -0.2) is 64.6 Å². The molecule has 1 unspecified atom stereocenters. The molecule has 3 aromatic rings. The van der Waals surface area contributed by atoms with Crippen molar-refractivity contribution < 1.29 is 18.8 Å². The first-order valence-corrected chi connectivity index (χ1v) is 11.7. The number of rotatable bonds is 4. The summed E-state index contributed by atoms with van der Waals surface area (Å²) in [6.45, 7) is 2.73. The minimum atomic E-state index is -0.00706. The second-order valence-electron chi connectivity index (χ2n) is 9.06. The zero-order chi connectivity index (χ0) is 22.4. The number of aryl methyl sites for hydroxylation is 1. The van der Waals surface area contributed by atoms with Gasteiger partial charge in [-0.1, -0.05) is 5.16 Å². The summed E-state index contributed by atoms with van der Waals surface area (Å²) in [6, 6.07) is 6.02. The molecule has 4 heterocycles. The molecule has 2 aromatic heterocycles. The van der Waals surface area contributed by atoms with Crippen LogP contribution >= 0.6 is 0 Å². The van der Waals surface area contributed by atoms with E-state index >= 15 is 0 Å². The first-order chi connectivity index (χ1) is 16.2. The number of nitrogens with zero attached hydrogens (tertiary/aromatic N) is 4. The second-order valence-corrected chi connectivity index (χ2v) is 9.06. The fourth-order valence-corrected chi connectivity index (χ4v) is 5.24. The maximum Gasteiger partial charge on any atom is 0.272 e. The van der Waals surface area contributed by atoms with Crippen molar-refractivity contribution in [2.24, 2.45) is 0 Å². The Labute approximate surface area is 191 Å². The van der Waals surface area contributed by atoms with Crippen LogP contribution in [0.1, 0.15) is 64.4 Å². The molecule has 1 N–H and O–H groups in total. The molecule has 0 radical (unpaired) electrons. The normalized spacial score (nSPS) is 20.5. The van der Waals surface area contributed by atoms with Crippen molar-refractivity contribution in [3.05, 3.63) is 46.7 Å². The highest BCUT2D eigenvalue weighted by Crippen LogP contribution is 2.37. The Morgan fingerprint density at radius 1 is 1.18 bits per heavy atom. The predicted octanol–water partition coefficient (Wildman–Crippen LogP) is 3.09. The van der Waals surface area contributed by atoms with Gasteiger partial charge >= 0.3 is 0 Å². The topological polar surface area (TPSA) is 106 Å². The molecule has 9 nitrogen and oxygen atoms in total. The summed E-state index contributed by atoms with van der Waals surface area (Å²) >= 11 is 0. The average Bonchev–Trinajstić information content (AvgIpc) is 3.63. The molecular formula is C24H27N5O4. The van der Waals surface area contributed by atoms with E-state index in [1.54, 1.807) is 7.11 Å². The molecule has 2 fully saturated rings. The Hall–Kier alpha value is -3.20. The summed E-state index contributed by atoms with van der Waals surface area (Å²) in [7, 11) is 1.67. The SMILES string of the molecule is COc1ccc2c(c1)CCc1c-2n[nH]c1C(=O)N1CCC(c2nc(C3CCOCC3)no2)C1. The molecule has 3 aliphatic rings. The summed E-state index contributed by atoms with van der Waals surface area (Å²) in [6.07, 6.45) is 4.31. The number of fused-ring (bicyclic) bond motifs is 3. The summed E-state index contributed by atoms with van der Waals surface area (Å²) < 4.78 is 16.4. The first kappa shape index (κ1) is 20.4. The van der Waals surface area contributed by atoms with Crippen LogP contribution in [0.15, 0.2) is 22.7 Å². The fraction of sp³-hybridized carbons (Fsp3) is 0.500. The molecule has 1 aliphatic carbocycles. The summed E-state index contributed by atoms with van der Waals surface area (Å²) in [5, 5.41) is 11.8. The van der Waals surface area contributed by atoms with Gasteiger partial charge in [-0.2, -0.15) is 10.1 Å². The Kier molecular flexibility index (Phi) is 5.13. The number of hydrogen-bond acceptors (Lipinski definition) is 7. The largest absolute Gasteiger partial charge is 0.497 e. The molecule has 1 atom stereocenters. The Bertz CT molecular complexity index is 1180. The number of H-pyrrole nitrogens is 1. The van der Waals surface area contributed by atoms with E-state index in [-0.39, 0.29) is 11.8 Å². The zero-order valence-electron chi connectivity index (χ0n) is 18.7. The third-order valence-electron chi connectivity index (χ3n) is 7.16. The lowest BCUT2D eigenvalue weighted by Crippen LogP contribution is -2.29. The number of methoxy groups -OCH3 is 1. The van der Waals surface area contributed by atoms with E-state index in [1.807, 2.05) is 17.0 Å². The van der Waals surface area contributed by atoms with Crippen LogP contribution < -0.4 is 4.74 Å². The molecule has 0 bridgehead atoms. The number of carbonyl (C=O) groups is 1. The molecule has 9 heteroatoms. The molecule has 6 rings (SSSR count). The van der Waals surface area contributed by atoms with E-state index in [9.17, 15) is 4.79 Å². The lowest BCUT2D eigenvalue weighted by molar-refractivity contribution is 0.0782. The highest BCUT2D eigenvalue weighted by molar-refractivity contribution is 5.96. The van der Waals surface area contributed by atoms with Crippen LogP contribution in [0.3, 0.4) is 0 Å². The average molecular weight is 450 g/mol. The third kappa shape index (κ3) is 3.60. The molecule has 2 saturated heterocycles. The molecule has 0 spiro atoms. The minimum Gasteiger partial charge on any atom is -0.497 e. The predicted molar refractivity (Wildman–Crippen MR) is 118 cm³/mol. The van der Waals surface area contributed by atoms with Crippen LogP contribution in [0.25, 0.3) is 11.3 Å². The lowest BCUT2D eigenvalue weighted by Gasteiger charge is -2.19. The molecular weight excluding hydrogens is 422 g/mol. The Morgan fingerprint density at radius 3 is 2.91 bits per heavy atom. The first-order valence-electron chi connectivity index (χ1n) is 11.7. The van der Waals surface area contributed by atoms with E-state index in [2.05, 4.69) is 26.4 Å². The van der Waals surface area contributed by atoms with Crippen LogP contribution in [0.4, 0.5) is 0 Å². The van der Waals surface area contributed by atoms with Gasteiger partial charge in [-0.25, -0.2) is 0 Å². The summed E-state index contributed by atoms with van der Waals surface area (Å²) in [5.41, 5.74) is 4.74. The maximum atomic E-state index is 13.4. The van der Waals surface area contributed by atoms with Crippen LogP contribution in [0.2, 0.25) is 0 Å². The fourth-order valence-electron chi connectivity index (χ4n) is 5.24. The van der Waals surface area contributed by atoms with Gasteiger partial charge in [0.15, 0.2) is 5.82 Å². The summed E-state index contributed by atoms with van der Waals surface area (Å²) in [4.78, 5) is 19.9. The van der Waals surface area contributed by atoms with Crippen molar-refractivity contribution in [1.29, 1.82) is 0 Å². The molecule has 2 aliphatic heterocycles. The van der Waals surface area contributed by atoms with E-state index in [1.165, 1.54) is 5.56 Å². The van der Waals surface area contributed by atoms with Crippen molar-refractivity contribution in [2.75, 3.05) is 33.4 Å². The van der Waals surface area contributed by atoms with Crippen LogP contribution in [0, 0.1) is 0 Å². The number of hydrogen-bond donors (Lipinski definition) is 1. The van der Waals surface area contributed by atoms with E-state index in [0.29, 0.717) is 30.6 Å². The highest BCUT2D eigenvalue weighted by atomic mass is 16.5. The number of nitrogens with one attached hydrogen (secondary N) is 1. The van der Waals surface area contributed by atoms with E-state index in [0.717, 1.165) is 73.7 Å². The molecule has 1 amide bonds. The summed E-state index contributed by atoms with van der Waals surface area (Å²) in [5.74, 6) is 2.62. The smallest absolute Gasteiger partial charge is 0.272 e. The van der Waals surface area contributed by atoms with Gasteiger partial charge in [-0.15, -0.1) is 0 Å². The zero-order valence-corrected chi connectivity index (χ0v) is 18.7. The molecule has 172 valence electrons.